The standard InChI is InChI=1S/C10H7IN2/c1-6-2-7(4-12)10-8(11)5-13-9(10)3-6/h2-3,5,13H,1H3. The van der Waals surface area contributed by atoms with Crippen molar-refractivity contribution >= 4 is 33.5 Å². The van der Waals surface area contributed by atoms with E-state index < -0.39 is 0 Å². The lowest BCUT2D eigenvalue weighted by atomic mass is 10.1. The van der Waals surface area contributed by atoms with Gasteiger partial charge < -0.3 is 4.98 Å². The van der Waals surface area contributed by atoms with Crippen LogP contribution in [-0.4, -0.2) is 4.98 Å². The summed E-state index contributed by atoms with van der Waals surface area (Å²) < 4.78 is 1.10. The fourth-order valence-corrected chi connectivity index (χ4v) is 2.20. The number of halogens is 1. The van der Waals surface area contributed by atoms with Crippen LogP contribution in [0.1, 0.15) is 11.1 Å². The SMILES string of the molecule is Cc1cc(C#N)c2c(I)c[nH]c2c1. The summed E-state index contributed by atoms with van der Waals surface area (Å²) in [5.74, 6) is 0. The lowest BCUT2D eigenvalue weighted by molar-refractivity contribution is 1.42. The number of H-pyrrole nitrogens is 1. The van der Waals surface area contributed by atoms with E-state index in [2.05, 4.69) is 39.7 Å². The smallest absolute Gasteiger partial charge is 0.0999 e. The number of aryl methyl sites for hydroxylation is 1. The van der Waals surface area contributed by atoms with Gasteiger partial charge in [0.1, 0.15) is 0 Å². The second-order valence-corrected chi connectivity index (χ2v) is 4.15. The zero-order valence-corrected chi connectivity index (χ0v) is 9.21. The van der Waals surface area contributed by atoms with E-state index in [0.717, 1.165) is 25.6 Å². The molecule has 0 saturated heterocycles. The molecule has 0 spiro atoms. The van der Waals surface area contributed by atoms with Gasteiger partial charge in [0.2, 0.25) is 0 Å². The molecule has 1 aromatic carbocycles. The molecule has 13 heavy (non-hydrogen) atoms. The van der Waals surface area contributed by atoms with Crippen LogP contribution in [0, 0.1) is 21.8 Å². The summed E-state index contributed by atoms with van der Waals surface area (Å²) in [5, 5.41) is 9.97. The van der Waals surface area contributed by atoms with Gasteiger partial charge in [0.15, 0.2) is 0 Å². The summed E-state index contributed by atoms with van der Waals surface area (Å²) in [6.07, 6.45) is 1.92. The van der Waals surface area contributed by atoms with Gasteiger partial charge in [0.05, 0.1) is 11.6 Å². The molecule has 0 fully saturated rings. The molecule has 0 bridgehead atoms. The molecule has 0 aliphatic carbocycles. The molecule has 0 unspecified atom stereocenters. The fourth-order valence-electron chi connectivity index (χ4n) is 1.46. The molecule has 2 rings (SSSR count). The highest BCUT2D eigenvalue weighted by molar-refractivity contribution is 14.1. The van der Waals surface area contributed by atoms with E-state index in [4.69, 9.17) is 5.26 Å². The quantitative estimate of drug-likeness (QED) is 0.741. The van der Waals surface area contributed by atoms with Crippen LogP contribution in [0.3, 0.4) is 0 Å². The number of benzene rings is 1. The summed E-state index contributed by atoms with van der Waals surface area (Å²) >= 11 is 2.23. The Morgan fingerprint density at radius 2 is 2.23 bits per heavy atom. The zero-order chi connectivity index (χ0) is 9.42. The highest BCUT2D eigenvalue weighted by Gasteiger charge is 2.06. The lowest BCUT2D eigenvalue weighted by Crippen LogP contribution is -1.81. The summed E-state index contributed by atoms with van der Waals surface area (Å²) in [4.78, 5) is 3.14. The Hall–Kier alpha value is -1.02. The highest BCUT2D eigenvalue weighted by Crippen LogP contribution is 2.24. The van der Waals surface area contributed by atoms with Crippen molar-refractivity contribution in [2.75, 3.05) is 0 Å². The molecule has 1 heterocycles. The predicted molar refractivity (Wildman–Crippen MR) is 60.5 cm³/mol. The van der Waals surface area contributed by atoms with Gasteiger partial charge in [-0.15, -0.1) is 0 Å². The first-order chi connectivity index (χ1) is 6.22. The number of rotatable bonds is 0. The predicted octanol–water partition coefficient (Wildman–Crippen LogP) is 2.95. The molecular formula is C10H7IN2. The maximum atomic E-state index is 8.94. The molecule has 2 aromatic rings. The van der Waals surface area contributed by atoms with Crippen molar-refractivity contribution in [3.05, 3.63) is 33.0 Å². The third-order valence-corrected chi connectivity index (χ3v) is 2.85. The normalized spacial score (nSPS) is 10.2. The van der Waals surface area contributed by atoms with Crippen LogP contribution in [0.4, 0.5) is 0 Å². The number of nitrogens with zero attached hydrogens (tertiary/aromatic N) is 1. The first kappa shape index (κ1) is 8.57. The molecule has 1 N–H and O–H groups in total. The molecule has 0 aliphatic heterocycles. The van der Waals surface area contributed by atoms with E-state index in [-0.39, 0.29) is 0 Å². The van der Waals surface area contributed by atoms with Gasteiger partial charge in [-0.1, -0.05) is 0 Å². The highest BCUT2D eigenvalue weighted by atomic mass is 127. The number of fused-ring (bicyclic) bond motifs is 1. The summed E-state index contributed by atoms with van der Waals surface area (Å²) in [7, 11) is 0. The first-order valence-corrected chi connectivity index (χ1v) is 4.97. The minimum absolute atomic E-state index is 0.751. The molecule has 1 aromatic heterocycles. The molecule has 0 amide bonds. The number of aromatic amines is 1. The number of hydrogen-bond donors (Lipinski definition) is 1. The van der Waals surface area contributed by atoms with Gasteiger partial charge in [-0.3, -0.25) is 0 Å². The van der Waals surface area contributed by atoms with Crippen molar-refractivity contribution in [3.8, 4) is 6.07 Å². The Morgan fingerprint density at radius 1 is 1.46 bits per heavy atom. The molecule has 2 nitrogen and oxygen atoms in total. The molecule has 3 heteroatoms. The molecule has 0 radical (unpaired) electrons. The second kappa shape index (κ2) is 3.04. The minimum atomic E-state index is 0.751. The molecule has 64 valence electrons. The lowest BCUT2D eigenvalue weighted by Gasteiger charge is -1.97. The third-order valence-electron chi connectivity index (χ3n) is 2.00. The average molecular weight is 282 g/mol. The van der Waals surface area contributed by atoms with Gasteiger partial charge in [0, 0.05) is 20.7 Å². The van der Waals surface area contributed by atoms with Crippen LogP contribution < -0.4 is 0 Å². The Bertz CT molecular complexity index is 505. The van der Waals surface area contributed by atoms with Gasteiger partial charge in [-0.25, -0.2) is 0 Å². The summed E-state index contributed by atoms with van der Waals surface area (Å²) in [6.45, 7) is 1.99. The van der Waals surface area contributed by atoms with Crippen LogP contribution >= 0.6 is 22.6 Å². The maximum absolute atomic E-state index is 8.94. The number of hydrogen-bond acceptors (Lipinski definition) is 1. The molecule has 0 atom stereocenters. The Kier molecular flexibility index (Phi) is 2.00. The van der Waals surface area contributed by atoms with Crippen LogP contribution in [0.15, 0.2) is 18.3 Å². The average Bonchev–Trinajstić information content (AvgIpc) is 2.46. The number of nitrogens with one attached hydrogen (secondary N) is 1. The number of nitriles is 1. The van der Waals surface area contributed by atoms with E-state index in [0.29, 0.717) is 0 Å². The van der Waals surface area contributed by atoms with Crippen LogP contribution in [-0.2, 0) is 0 Å². The van der Waals surface area contributed by atoms with E-state index >= 15 is 0 Å². The Labute approximate surface area is 89.7 Å². The van der Waals surface area contributed by atoms with Gasteiger partial charge in [-0.05, 0) is 47.2 Å². The van der Waals surface area contributed by atoms with E-state index in [9.17, 15) is 0 Å². The molecule has 0 saturated carbocycles. The van der Waals surface area contributed by atoms with E-state index in [1.165, 1.54) is 0 Å². The van der Waals surface area contributed by atoms with Gasteiger partial charge >= 0.3 is 0 Å². The van der Waals surface area contributed by atoms with Crippen LogP contribution in [0.5, 0.6) is 0 Å². The maximum Gasteiger partial charge on any atom is 0.0999 e. The summed E-state index contributed by atoms with van der Waals surface area (Å²) in [6, 6.07) is 6.18. The van der Waals surface area contributed by atoms with Crippen molar-refractivity contribution in [2.24, 2.45) is 0 Å². The molecular weight excluding hydrogens is 275 g/mol. The fraction of sp³-hybridized carbons (Fsp3) is 0.100. The van der Waals surface area contributed by atoms with Gasteiger partial charge in [0.25, 0.3) is 0 Å². The third kappa shape index (κ3) is 1.31. The van der Waals surface area contributed by atoms with Crippen molar-refractivity contribution in [3.63, 3.8) is 0 Å². The molecule has 0 aliphatic rings. The monoisotopic (exact) mass is 282 g/mol. The first-order valence-electron chi connectivity index (χ1n) is 3.89. The van der Waals surface area contributed by atoms with Crippen molar-refractivity contribution in [2.45, 2.75) is 6.92 Å². The second-order valence-electron chi connectivity index (χ2n) is 2.98. The zero-order valence-electron chi connectivity index (χ0n) is 7.06. The van der Waals surface area contributed by atoms with Crippen molar-refractivity contribution in [1.82, 2.24) is 4.98 Å². The van der Waals surface area contributed by atoms with Crippen molar-refractivity contribution < 1.29 is 0 Å². The topological polar surface area (TPSA) is 39.6 Å². The van der Waals surface area contributed by atoms with E-state index in [1.54, 1.807) is 0 Å². The minimum Gasteiger partial charge on any atom is -0.360 e. The Balaban J connectivity index is 2.95. The van der Waals surface area contributed by atoms with Crippen LogP contribution in [0.25, 0.3) is 10.9 Å². The number of aromatic nitrogens is 1. The van der Waals surface area contributed by atoms with Crippen molar-refractivity contribution in [1.29, 1.82) is 5.26 Å². The summed E-state index contributed by atoms with van der Waals surface area (Å²) in [5.41, 5.74) is 2.91. The van der Waals surface area contributed by atoms with Crippen LogP contribution in [0.2, 0.25) is 0 Å². The van der Waals surface area contributed by atoms with E-state index in [1.807, 2.05) is 19.2 Å². The Morgan fingerprint density at radius 3 is 2.92 bits per heavy atom. The van der Waals surface area contributed by atoms with Gasteiger partial charge in [-0.2, -0.15) is 5.26 Å². The largest absolute Gasteiger partial charge is 0.360 e.